The minimum atomic E-state index is 0.137. The Bertz CT molecular complexity index is 656. The molecule has 1 fully saturated rings. The lowest BCUT2D eigenvalue weighted by molar-refractivity contribution is -0.134. The summed E-state index contributed by atoms with van der Waals surface area (Å²) in [6.45, 7) is 2.58. The number of benzene rings is 1. The van der Waals surface area contributed by atoms with Gasteiger partial charge in [-0.25, -0.2) is 0 Å². The molecule has 0 aliphatic carbocycles. The topological polar surface area (TPSA) is 68.5 Å². The Morgan fingerprint density at radius 3 is 2.70 bits per heavy atom. The molecule has 1 saturated heterocycles. The highest BCUT2D eigenvalue weighted by Gasteiger charge is 2.17. The van der Waals surface area contributed by atoms with Gasteiger partial charge in [0.25, 0.3) is 5.22 Å². The van der Waals surface area contributed by atoms with E-state index in [4.69, 9.17) is 20.8 Å². The monoisotopic (exact) mass is 353 g/mol. The number of aromatic nitrogens is 2. The second-order valence-electron chi connectivity index (χ2n) is 4.97. The summed E-state index contributed by atoms with van der Waals surface area (Å²) >= 11 is 7.24. The molecule has 1 aromatic heterocycles. The van der Waals surface area contributed by atoms with Crippen molar-refractivity contribution in [1.29, 1.82) is 0 Å². The van der Waals surface area contributed by atoms with Crippen LogP contribution in [-0.4, -0.2) is 53.1 Å². The first kappa shape index (κ1) is 16.3. The number of ether oxygens (including phenoxy) is 1. The molecule has 0 N–H and O–H groups in total. The highest BCUT2D eigenvalue weighted by molar-refractivity contribution is 7.99. The van der Waals surface area contributed by atoms with Gasteiger partial charge >= 0.3 is 0 Å². The van der Waals surface area contributed by atoms with Gasteiger partial charge in [-0.3, -0.25) is 4.79 Å². The van der Waals surface area contributed by atoms with E-state index in [1.165, 1.54) is 11.8 Å². The highest BCUT2D eigenvalue weighted by atomic mass is 35.5. The Balaban J connectivity index is 1.49. The van der Waals surface area contributed by atoms with Gasteiger partial charge in [0, 0.05) is 35.8 Å². The third-order valence-electron chi connectivity index (χ3n) is 3.40. The van der Waals surface area contributed by atoms with Crippen molar-refractivity contribution in [3.8, 4) is 11.5 Å². The summed E-state index contributed by atoms with van der Waals surface area (Å²) in [5, 5.41) is 9.12. The van der Waals surface area contributed by atoms with Crippen LogP contribution in [0.2, 0.25) is 5.02 Å². The summed E-state index contributed by atoms with van der Waals surface area (Å²) in [5.74, 6) is 1.19. The minimum Gasteiger partial charge on any atom is -0.411 e. The molecule has 1 aliphatic rings. The summed E-state index contributed by atoms with van der Waals surface area (Å²) in [7, 11) is 0. The fourth-order valence-electron chi connectivity index (χ4n) is 2.17. The molecular formula is C15H16ClN3O3S. The third-order valence-corrected chi connectivity index (χ3v) is 4.48. The zero-order valence-electron chi connectivity index (χ0n) is 12.4. The fourth-order valence-corrected chi connectivity index (χ4v) is 2.99. The molecule has 2 heterocycles. The van der Waals surface area contributed by atoms with Crippen molar-refractivity contribution in [3.05, 3.63) is 29.3 Å². The van der Waals surface area contributed by atoms with Crippen LogP contribution in [0.1, 0.15) is 6.42 Å². The molecule has 0 bridgehead atoms. The van der Waals surface area contributed by atoms with Crippen molar-refractivity contribution in [3.63, 3.8) is 0 Å². The molecule has 1 aliphatic heterocycles. The number of carbonyl (C=O) groups excluding carboxylic acids is 1. The van der Waals surface area contributed by atoms with Crippen LogP contribution in [0.3, 0.4) is 0 Å². The number of carbonyl (C=O) groups is 1. The Morgan fingerprint density at radius 2 is 1.96 bits per heavy atom. The fraction of sp³-hybridized carbons (Fsp3) is 0.400. The van der Waals surface area contributed by atoms with Crippen LogP contribution in [0.4, 0.5) is 0 Å². The predicted octanol–water partition coefficient (Wildman–Crippen LogP) is 2.73. The summed E-state index contributed by atoms with van der Waals surface area (Å²) in [4.78, 5) is 13.9. The zero-order chi connectivity index (χ0) is 16.1. The number of thioether (sulfide) groups is 1. The maximum Gasteiger partial charge on any atom is 0.276 e. The van der Waals surface area contributed by atoms with E-state index in [2.05, 4.69) is 10.2 Å². The molecule has 1 aromatic carbocycles. The van der Waals surface area contributed by atoms with Crippen LogP contribution in [-0.2, 0) is 9.53 Å². The highest BCUT2D eigenvalue weighted by Crippen LogP contribution is 2.24. The van der Waals surface area contributed by atoms with Crippen molar-refractivity contribution >= 4 is 29.3 Å². The molecule has 0 spiro atoms. The first-order valence-electron chi connectivity index (χ1n) is 7.30. The molecule has 3 rings (SSSR count). The van der Waals surface area contributed by atoms with Crippen LogP contribution >= 0.6 is 23.4 Å². The van der Waals surface area contributed by atoms with E-state index in [1.807, 2.05) is 17.0 Å². The average molecular weight is 354 g/mol. The Morgan fingerprint density at radius 1 is 1.22 bits per heavy atom. The van der Waals surface area contributed by atoms with Crippen LogP contribution < -0.4 is 0 Å². The Kier molecular flexibility index (Phi) is 5.53. The zero-order valence-corrected chi connectivity index (χ0v) is 14.0. The van der Waals surface area contributed by atoms with Crippen molar-refractivity contribution in [2.75, 3.05) is 32.1 Å². The number of hydrogen-bond donors (Lipinski definition) is 0. The summed E-state index contributed by atoms with van der Waals surface area (Å²) < 4.78 is 10.8. The van der Waals surface area contributed by atoms with Gasteiger partial charge in [0.2, 0.25) is 11.8 Å². The lowest BCUT2D eigenvalue weighted by Gasteiger charge is -2.26. The van der Waals surface area contributed by atoms with E-state index in [0.29, 0.717) is 54.6 Å². The van der Waals surface area contributed by atoms with Gasteiger partial charge in [0.05, 0.1) is 13.2 Å². The van der Waals surface area contributed by atoms with E-state index < -0.39 is 0 Å². The number of morpholine rings is 1. The predicted molar refractivity (Wildman–Crippen MR) is 87.5 cm³/mol. The number of amides is 1. The second kappa shape index (κ2) is 7.81. The molecule has 8 heteroatoms. The molecular weight excluding hydrogens is 338 g/mol. The molecule has 23 heavy (non-hydrogen) atoms. The van der Waals surface area contributed by atoms with E-state index in [1.54, 1.807) is 12.1 Å². The Hall–Kier alpha value is -1.57. The van der Waals surface area contributed by atoms with Gasteiger partial charge in [-0.15, -0.1) is 10.2 Å². The lowest BCUT2D eigenvalue weighted by atomic mass is 10.2. The van der Waals surface area contributed by atoms with Gasteiger partial charge in [0.15, 0.2) is 0 Å². The van der Waals surface area contributed by atoms with Crippen LogP contribution in [0.15, 0.2) is 33.9 Å². The molecule has 122 valence electrons. The van der Waals surface area contributed by atoms with Crippen molar-refractivity contribution in [2.24, 2.45) is 0 Å². The van der Waals surface area contributed by atoms with E-state index >= 15 is 0 Å². The third kappa shape index (κ3) is 4.46. The number of hydrogen-bond acceptors (Lipinski definition) is 6. The quantitative estimate of drug-likeness (QED) is 0.770. The van der Waals surface area contributed by atoms with Gasteiger partial charge in [-0.2, -0.15) is 0 Å². The second-order valence-corrected chi connectivity index (χ2v) is 6.45. The molecule has 0 atom stereocenters. The SMILES string of the molecule is O=C(CCSc1nnc(-c2ccc(Cl)cc2)o1)N1CCOCC1. The van der Waals surface area contributed by atoms with Crippen molar-refractivity contribution < 1.29 is 13.9 Å². The van der Waals surface area contributed by atoms with Crippen molar-refractivity contribution in [1.82, 2.24) is 15.1 Å². The number of nitrogens with zero attached hydrogens (tertiary/aromatic N) is 3. The largest absolute Gasteiger partial charge is 0.411 e. The minimum absolute atomic E-state index is 0.137. The molecule has 6 nitrogen and oxygen atoms in total. The van der Waals surface area contributed by atoms with Gasteiger partial charge < -0.3 is 14.1 Å². The molecule has 0 radical (unpaired) electrons. The molecule has 1 amide bonds. The van der Waals surface area contributed by atoms with Crippen molar-refractivity contribution in [2.45, 2.75) is 11.6 Å². The van der Waals surface area contributed by atoms with Crippen LogP contribution in [0.5, 0.6) is 0 Å². The molecule has 0 unspecified atom stereocenters. The normalized spacial score (nSPS) is 14.9. The molecule has 2 aromatic rings. The standard InChI is InChI=1S/C15H16ClN3O3S/c16-12-3-1-11(2-4-12)14-17-18-15(22-14)23-10-5-13(20)19-6-8-21-9-7-19/h1-4H,5-10H2. The maximum atomic E-state index is 12.0. The van der Waals surface area contributed by atoms with E-state index in [0.717, 1.165) is 5.56 Å². The number of halogens is 1. The van der Waals surface area contributed by atoms with Crippen LogP contribution in [0.25, 0.3) is 11.5 Å². The lowest BCUT2D eigenvalue weighted by Crippen LogP contribution is -2.40. The smallest absolute Gasteiger partial charge is 0.276 e. The first-order chi connectivity index (χ1) is 11.2. The first-order valence-corrected chi connectivity index (χ1v) is 8.66. The van der Waals surface area contributed by atoms with Crippen LogP contribution in [0, 0.1) is 0 Å². The van der Waals surface area contributed by atoms with E-state index in [9.17, 15) is 4.79 Å². The van der Waals surface area contributed by atoms with E-state index in [-0.39, 0.29) is 5.91 Å². The van der Waals surface area contributed by atoms with Gasteiger partial charge in [0.1, 0.15) is 0 Å². The summed E-state index contributed by atoms with van der Waals surface area (Å²) in [6, 6.07) is 7.20. The molecule has 0 saturated carbocycles. The van der Waals surface area contributed by atoms with Gasteiger partial charge in [-0.1, -0.05) is 23.4 Å². The summed E-state index contributed by atoms with van der Waals surface area (Å²) in [6.07, 6.45) is 0.448. The Labute approximate surface area is 143 Å². The average Bonchev–Trinajstić information content (AvgIpc) is 3.05. The van der Waals surface area contributed by atoms with Gasteiger partial charge in [-0.05, 0) is 24.3 Å². The number of rotatable bonds is 5. The maximum absolute atomic E-state index is 12.0. The summed E-state index contributed by atoms with van der Waals surface area (Å²) in [5.41, 5.74) is 0.818.